The quantitative estimate of drug-likeness (QED) is 0.794. The van der Waals surface area contributed by atoms with Gasteiger partial charge < -0.3 is 11.5 Å². The lowest BCUT2D eigenvalue weighted by Crippen LogP contribution is -1.96. The molecule has 0 aromatic heterocycles. The van der Waals surface area contributed by atoms with E-state index >= 15 is 0 Å². The van der Waals surface area contributed by atoms with Crippen LogP contribution in [-0.4, -0.2) is 0 Å². The molecule has 0 aliphatic carbocycles. The van der Waals surface area contributed by atoms with E-state index in [1.165, 1.54) is 18.4 Å². The van der Waals surface area contributed by atoms with E-state index in [9.17, 15) is 0 Å². The highest BCUT2D eigenvalue weighted by Gasteiger charge is 1.97. The Kier molecular flexibility index (Phi) is 8.80. The fourth-order valence-electron chi connectivity index (χ4n) is 1.21. The largest absolute Gasteiger partial charge is 0.399 e. The molecule has 1 aromatic rings. The van der Waals surface area contributed by atoms with Crippen LogP contribution in [0.25, 0.3) is 0 Å². The minimum Gasteiger partial charge on any atom is -0.399 e. The van der Waals surface area contributed by atoms with Crippen molar-refractivity contribution in [3.63, 3.8) is 0 Å². The van der Waals surface area contributed by atoms with Gasteiger partial charge in [-0.2, -0.15) is 0 Å². The highest BCUT2D eigenvalue weighted by molar-refractivity contribution is 5.85. The van der Waals surface area contributed by atoms with Crippen molar-refractivity contribution in [3.05, 3.63) is 23.8 Å². The zero-order chi connectivity index (χ0) is 8.97. The maximum atomic E-state index is 5.78. The normalized spacial score (nSPS) is 8.64. The summed E-state index contributed by atoms with van der Waals surface area (Å²) < 4.78 is 0. The maximum absolute atomic E-state index is 5.78. The Bertz CT molecular complexity index is 264. The van der Waals surface area contributed by atoms with Crippen LogP contribution in [0.2, 0.25) is 0 Å². The minimum absolute atomic E-state index is 0. The first-order valence-corrected chi connectivity index (χ1v) is 4.38. The Morgan fingerprint density at radius 1 is 1.14 bits per heavy atom. The van der Waals surface area contributed by atoms with Gasteiger partial charge in [-0.25, -0.2) is 0 Å². The van der Waals surface area contributed by atoms with Gasteiger partial charge in [0.1, 0.15) is 0 Å². The van der Waals surface area contributed by atoms with E-state index in [4.69, 9.17) is 11.5 Å². The van der Waals surface area contributed by atoms with Gasteiger partial charge in [-0.15, -0.1) is 24.8 Å². The number of nitrogen functional groups attached to an aromatic ring is 2. The number of hydrogen-bond donors (Lipinski definition) is 2. The van der Waals surface area contributed by atoms with Gasteiger partial charge in [0, 0.05) is 11.4 Å². The Labute approximate surface area is 97.9 Å². The summed E-state index contributed by atoms with van der Waals surface area (Å²) in [6.07, 6.45) is 3.44. The summed E-state index contributed by atoms with van der Waals surface area (Å²) in [6, 6.07) is 5.74. The first-order valence-electron chi connectivity index (χ1n) is 4.38. The van der Waals surface area contributed by atoms with Gasteiger partial charge in [0.25, 0.3) is 0 Å². The molecule has 0 fully saturated rings. The molecule has 0 radical (unpaired) electrons. The highest BCUT2D eigenvalue weighted by atomic mass is 35.5. The fourth-order valence-corrected chi connectivity index (χ4v) is 1.21. The Balaban J connectivity index is 0. The molecule has 2 nitrogen and oxygen atoms in total. The SMILES string of the molecule is CCCCc1ccc(N)cc1N.Cl.Cl. The van der Waals surface area contributed by atoms with Crippen molar-refractivity contribution in [1.82, 2.24) is 0 Å². The van der Waals surface area contributed by atoms with Crippen molar-refractivity contribution >= 4 is 36.2 Å². The summed E-state index contributed by atoms with van der Waals surface area (Å²) in [4.78, 5) is 0. The number of unbranched alkanes of at least 4 members (excludes halogenated alkanes) is 1. The van der Waals surface area contributed by atoms with Gasteiger partial charge in [-0.3, -0.25) is 0 Å². The number of aryl methyl sites for hydroxylation is 1. The fraction of sp³-hybridized carbons (Fsp3) is 0.400. The molecule has 82 valence electrons. The highest BCUT2D eigenvalue weighted by Crippen LogP contribution is 2.17. The first-order chi connectivity index (χ1) is 5.74. The van der Waals surface area contributed by atoms with Crippen LogP contribution < -0.4 is 11.5 Å². The third-order valence-electron chi connectivity index (χ3n) is 1.97. The molecule has 0 amide bonds. The molecule has 0 saturated carbocycles. The summed E-state index contributed by atoms with van der Waals surface area (Å²) >= 11 is 0. The molecule has 1 aromatic carbocycles. The molecule has 0 aliphatic heterocycles. The lowest BCUT2D eigenvalue weighted by Gasteiger charge is -2.04. The summed E-state index contributed by atoms with van der Waals surface area (Å²) in [5.74, 6) is 0. The van der Waals surface area contributed by atoms with Gasteiger partial charge >= 0.3 is 0 Å². The van der Waals surface area contributed by atoms with E-state index in [2.05, 4.69) is 6.92 Å². The van der Waals surface area contributed by atoms with E-state index in [0.29, 0.717) is 0 Å². The van der Waals surface area contributed by atoms with Gasteiger partial charge in [0.05, 0.1) is 0 Å². The Morgan fingerprint density at radius 2 is 1.79 bits per heavy atom. The molecular formula is C10H18Cl2N2. The van der Waals surface area contributed by atoms with Crippen molar-refractivity contribution in [2.45, 2.75) is 26.2 Å². The molecule has 0 aliphatic rings. The Hall–Kier alpha value is -0.600. The Morgan fingerprint density at radius 3 is 2.29 bits per heavy atom. The lowest BCUT2D eigenvalue weighted by molar-refractivity contribution is 0.796. The van der Waals surface area contributed by atoms with Crippen molar-refractivity contribution in [2.75, 3.05) is 11.5 Å². The molecule has 0 unspecified atom stereocenters. The number of nitrogens with two attached hydrogens (primary N) is 2. The summed E-state index contributed by atoms with van der Waals surface area (Å²) in [7, 11) is 0. The van der Waals surface area contributed by atoms with Crippen LogP contribution in [-0.2, 0) is 6.42 Å². The predicted octanol–water partition coefficient (Wildman–Crippen LogP) is 3.04. The van der Waals surface area contributed by atoms with E-state index < -0.39 is 0 Å². The number of rotatable bonds is 3. The second-order valence-electron chi connectivity index (χ2n) is 3.06. The second-order valence-corrected chi connectivity index (χ2v) is 3.06. The van der Waals surface area contributed by atoms with Crippen molar-refractivity contribution in [3.8, 4) is 0 Å². The van der Waals surface area contributed by atoms with Crippen LogP contribution in [0.3, 0.4) is 0 Å². The lowest BCUT2D eigenvalue weighted by atomic mass is 10.1. The zero-order valence-corrected chi connectivity index (χ0v) is 9.96. The smallest absolute Gasteiger partial charge is 0.0367 e. The number of benzene rings is 1. The monoisotopic (exact) mass is 236 g/mol. The maximum Gasteiger partial charge on any atom is 0.0367 e. The molecule has 0 saturated heterocycles. The molecule has 0 bridgehead atoms. The molecule has 1 rings (SSSR count). The third-order valence-corrected chi connectivity index (χ3v) is 1.97. The molecule has 14 heavy (non-hydrogen) atoms. The number of halogens is 2. The van der Waals surface area contributed by atoms with Gasteiger partial charge in [-0.1, -0.05) is 19.4 Å². The van der Waals surface area contributed by atoms with Crippen molar-refractivity contribution < 1.29 is 0 Å². The first kappa shape index (κ1) is 15.9. The van der Waals surface area contributed by atoms with E-state index in [1.807, 2.05) is 18.2 Å². The van der Waals surface area contributed by atoms with Gasteiger partial charge in [0.2, 0.25) is 0 Å². The number of hydrogen-bond acceptors (Lipinski definition) is 2. The standard InChI is InChI=1S/C10H16N2.2ClH/c1-2-3-4-8-5-6-9(11)7-10(8)12;;/h5-7H,2-4,11-12H2,1H3;2*1H. The van der Waals surface area contributed by atoms with Crippen LogP contribution in [0.4, 0.5) is 11.4 Å². The van der Waals surface area contributed by atoms with Crippen LogP contribution >= 0.6 is 24.8 Å². The minimum atomic E-state index is 0. The third kappa shape index (κ3) is 4.58. The molecular weight excluding hydrogens is 219 g/mol. The van der Waals surface area contributed by atoms with E-state index in [0.717, 1.165) is 17.8 Å². The summed E-state index contributed by atoms with van der Waals surface area (Å²) in [5.41, 5.74) is 14.1. The average molecular weight is 237 g/mol. The van der Waals surface area contributed by atoms with Crippen LogP contribution in [0.5, 0.6) is 0 Å². The zero-order valence-electron chi connectivity index (χ0n) is 8.32. The average Bonchev–Trinajstić information content (AvgIpc) is 2.03. The topological polar surface area (TPSA) is 52.0 Å². The molecule has 0 spiro atoms. The summed E-state index contributed by atoms with van der Waals surface area (Å²) in [5, 5.41) is 0. The molecule has 4 N–H and O–H groups in total. The van der Waals surface area contributed by atoms with Crippen LogP contribution in [0.15, 0.2) is 18.2 Å². The predicted molar refractivity (Wildman–Crippen MR) is 68.4 cm³/mol. The van der Waals surface area contributed by atoms with E-state index in [-0.39, 0.29) is 24.8 Å². The van der Waals surface area contributed by atoms with Crippen LogP contribution in [0.1, 0.15) is 25.3 Å². The van der Waals surface area contributed by atoms with Gasteiger partial charge in [0.15, 0.2) is 0 Å². The molecule has 0 atom stereocenters. The van der Waals surface area contributed by atoms with Crippen LogP contribution in [0, 0.1) is 0 Å². The summed E-state index contributed by atoms with van der Waals surface area (Å²) in [6.45, 7) is 2.17. The van der Waals surface area contributed by atoms with Gasteiger partial charge in [-0.05, 0) is 30.5 Å². The molecule has 0 heterocycles. The van der Waals surface area contributed by atoms with E-state index in [1.54, 1.807) is 0 Å². The van der Waals surface area contributed by atoms with Crippen molar-refractivity contribution in [2.24, 2.45) is 0 Å². The van der Waals surface area contributed by atoms with Crippen molar-refractivity contribution in [1.29, 1.82) is 0 Å². The molecule has 4 heteroatoms. The number of anilines is 2. The second kappa shape index (κ2) is 7.77.